The van der Waals surface area contributed by atoms with Crippen molar-refractivity contribution in [3.05, 3.63) is 66.5 Å². The van der Waals surface area contributed by atoms with Crippen molar-refractivity contribution in [1.29, 1.82) is 0 Å². The first kappa shape index (κ1) is 17.9. The highest BCUT2D eigenvalue weighted by molar-refractivity contribution is 6.15. The Kier molecular flexibility index (Phi) is 4.39. The predicted octanol–water partition coefficient (Wildman–Crippen LogP) is 4.20. The third-order valence-corrected chi connectivity index (χ3v) is 4.83. The molecule has 0 aliphatic heterocycles. The number of hydrogen-bond acceptors (Lipinski definition) is 4. The number of pyridine rings is 1. The maximum absolute atomic E-state index is 12.5. The van der Waals surface area contributed by atoms with Crippen LogP contribution in [-0.2, 0) is 16.0 Å². The molecule has 0 atom stereocenters. The average molecular weight is 376 g/mol. The molecular formula is C22H20N2O4. The van der Waals surface area contributed by atoms with Gasteiger partial charge >= 0.3 is 11.9 Å². The van der Waals surface area contributed by atoms with Crippen LogP contribution >= 0.6 is 0 Å². The van der Waals surface area contributed by atoms with E-state index in [0.717, 1.165) is 27.3 Å². The number of methoxy groups -OCH3 is 1. The van der Waals surface area contributed by atoms with E-state index >= 15 is 0 Å². The highest BCUT2D eigenvalue weighted by atomic mass is 16.5. The van der Waals surface area contributed by atoms with Crippen LogP contribution in [0.15, 0.2) is 55.3 Å². The summed E-state index contributed by atoms with van der Waals surface area (Å²) in [5.74, 6) is -0.903. The molecule has 6 heteroatoms. The number of benzene rings is 1. The lowest BCUT2D eigenvalue weighted by atomic mass is 10.1. The van der Waals surface area contributed by atoms with Gasteiger partial charge in [-0.25, -0.2) is 9.59 Å². The Balaban J connectivity index is 2.18. The zero-order valence-corrected chi connectivity index (χ0v) is 15.8. The number of allylic oxidation sites excluding steroid dienone is 1. The van der Waals surface area contributed by atoms with Crippen molar-refractivity contribution in [2.75, 3.05) is 13.7 Å². The first-order valence-electron chi connectivity index (χ1n) is 9.03. The molecule has 0 aliphatic rings. The molecule has 0 unspecified atom stereocenters. The Bertz CT molecular complexity index is 1250. The molecule has 0 N–H and O–H groups in total. The average Bonchev–Trinajstić information content (AvgIpc) is 3.28. The molecule has 4 aromatic rings. The normalized spacial score (nSPS) is 11.2. The van der Waals surface area contributed by atoms with Crippen LogP contribution in [-0.4, -0.2) is 34.6 Å². The van der Waals surface area contributed by atoms with Gasteiger partial charge in [0.1, 0.15) is 5.69 Å². The Morgan fingerprint density at radius 2 is 1.89 bits per heavy atom. The van der Waals surface area contributed by atoms with Gasteiger partial charge in [-0.2, -0.15) is 0 Å². The minimum atomic E-state index is -0.474. The number of para-hydroxylation sites is 1. The topological polar surface area (TPSA) is 61.9 Å². The van der Waals surface area contributed by atoms with Gasteiger partial charge in [-0.3, -0.25) is 0 Å². The summed E-state index contributed by atoms with van der Waals surface area (Å²) < 4.78 is 13.9. The Morgan fingerprint density at radius 1 is 1.11 bits per heavy atom. The molecule has 0 saturated carbocycles. The van der Waals surface area contributed by atoms with Gasteiger partial charge in [0.15, 0.2) is 0 Å². The van der Waals surface area contributed by atoms with Gasteiger partial charge in [0.05, 0.1) is 30.3 Å². The molecule has 0 aliphatic carbocycles. The van der Waals surface area contributed by atoms with E-state index in [2.05, 4.69) is 11.1 Å². The number of nitrogens with zero attached hydrogens (tertiary/aromatic N) is 2. The van der Waals surface area contributed by atoms with Gasteiger partial charge < -0.3 is 18.4 Å². The number of hydrogen-bond donors (Lipinski definition) is 0. The molecule has 1 aromatic carbocycles. The highest BCUT2D eigenvalue weighted by Gasteiger charge is 2.21. The van der Waals surface area contributed by atoms with Gasteiger partial charge in [0.2, 0.25) is 0 Å². The Morgan fingerprint density at radius 3 is 2.61 bits per heavy atom. The second-order valence-electron chi connectivity index (χ2n) is 6.40. The minimum Gasteiger partial charge on any atom is -0.464 e. The zero-order valence-electron chi connectivity index (χ0n) is 15.8. The summed E-state index contributed by atoms with van der Waals surface area (Å²) >= 11 is 0. The van der Waals surface area contributed by atoms with Crippen molar-refractivity contribution in [3.63, 3.8) is 0 Å². The number of carbonyl (C=O) groups excluding carboxylic acids is 2. The fraction of sp³-hybridized carbons (Fsp3) is 0.182. The van der Waals surface area contributed by atoms with Gasteiger partial charge in [-0.15, -0.1) is 6.58 Å². The van der Waals surface area contributed by atoms with Crippen LogP contribution in [0.2, 0.25) is 0 Å². The van der Waals surface area contributed by atoms with E-state index in [9.17, 15) is 9.59 Å². The first-order valence-corrected chi connectivity index (χ1v) is 9.03. The molecular weight excluding hydrogens is 356 g/mol. The van der Waals surface area contributed by atoms with E-state index in [4.69, 9.17) is 9.47 Å². The maximum Gasteiger partial charge on any atom is 0.355 e. The van der Waals surface area contributed by atoms with Crippen molar-refractivity contribution in [2.24, 2.45) is 0 Å². The van der Waals surface area contributed by atoms with Gasteiger partial charge in [0, 0.05) is 29.0 Å². The molecule has 0 fully saturated rings. The van der Waals surface area contributed by atoms with Gasteiger partial charge in [-0.05, 0) is 25.1 Å². The lowest BCUT2D eigenvalue weighted by Gasteiger charge is -2.08. The Hall–Kier alpha value is -3.54. The van der Waals surface area contributed by atoms with Crippen molar-refractivity contribution in [3.8, 4) is 0 Å². The monoisotopic (exact) mass is 376 g/mol. The second kappa shape index (κ2) is 6.88. The van der Waals surface area contributed by atoms with E-state index in [-0.39, 0.29) is 6.61 Å². The number of esters is 2. The SMILES string of the molecule is C=CCn1c2ccccc2c2cc(C(=O)OC)n3cc(C(=O)OCC)cc3c21. The minimum absolute atomic E-state index is 0.279. The van der Waals surface area contributed by atoms with Crippen LogP contribution in [0.4, 0.5) is 0 Å². The van der Waals surface area contributed by atoms with E-state index in [1.165, 1.54) is 7.11 Å². The molecule has 0 saturated heterocycles. The predicted molar refractivity (Wildman–Crippen MR) is 108 cm³/mol. The van der Waals surface area contributed by atoms with E-state index in [1.807, 2.05) is 36.4 Å². The zero-order chi connectivity index (χ0) is 19.8. The second-order valence-corrected chi connectivity index (χ2v) is 6.40. The molecule has 3 heterocycles. The fourth-order valence-electron chi connectivity index (χ4n) is 3.71. The lowest BCUT2D eigenvalue weighted by molar-refractivity contribution is 0.0524. The lowest BCUT2D eigenvalue weighted by Crippen LogP contribution is -2.08. The number of rotatable bonds is 5. The molecule has 0 bridgehead atoms. The molecule has 0 radical (unpaired) electrons. The quantitative estimate of drug-likeness (QED) is 0.387. The van der Waals surface area contributed by atoms with Crippen LogP contribution in [0.1, 0.15) is 27.8 Å². The van der Waals surface area contributed by atoms with Crippen LogP contribution in [0, 0.1) is 0 Å². The number of carbonyl (C=O) groups is 2. The maximum atomic E-state index is 12.5. The Labute approximate surface area is 161 Å². The van der Waals surface area contributed by atoms with Crippen molar-refractivity contribution in [1.82, 2.24) is 8.97 Å². The van der Waals surface area contributed by atoms with Gasteiger partial charge in [0.25, 0.3) is 0 Å². The van der Waals surface area contributed by atoms with Crippen LogP contribution in [0.25, 0.3) is 27.3 Å². The standard InChI is InChI=1S/C22H20N2O4/c1-4-10-23-17-9-7-6-8-15(17)16-12-19(22(26)27-3)24-13-14(21(25)28-5-2)11-18(24)20(16)23/h4,6-9,11-13H,1,5,10H2,2-3H3. The molecule has 28 heavy (non-hydrogen) atoms. The summed E-state index contributed by atoms with van der Waals surface area (Å²) in [4.78, 5) is 24.8. The van der Waals surface area contributed by atoms with Crippen LogP contribution in [0.5, 0.6) is 0 Å². The molecule has 3 aromatic heterocycles. The van der Waals surface area contributed by atoms with E-state index in [1.54, 1.807) is 23.6 Å². The summed E-state index contributed by atoms with van der Waals surface area (Å²) in [6.45, 7) is 6.50. The third kappa shape index (κ3) is 2.57. The van der Waals surface area contributed by atoms with Crippen molar-refractivity contribution in [2.45, 2.75) is 13.5 Å². The summed E-state index contributed by atoms with van der Waals surface area (Å²) in [7, 11) is 1.34. The molecule has 6 nitrogen and oxygen atoms in total. The number of fused-ring (bicyclic) bond motifs is 5. The van der Waals surface area contributed by atoms with Crippen molar-refractivity contribution >= 4 is 39.3 Å². The summed E-state index contributed by atoms with van der Waals surface area (Å²) in [6, 6.07) is 11.5. The van der Waals surface area contributed by atoms with Gasteiger partial charge in [-0.1, -0.05) is 24.3 Å². The number of aromatic nitrogens is 2. The van der Waals surface area contributed by atoms with Crippen molar-refractivity contribution < 1.29 is 19.1 Å². The van der Waals surface area contributed by atoms with Crippen LogP contribution in [0.3, 0.4) is 0 Å². The van der Waals surface area contributed by atoms with E-state index in [0.29, 0.717) is 17.8 Å². The molecule has 142 valence electrons. The molecule has 0 amide bonds. The summed E-state index contributed by atoms with van der Waals surface area (Å²) in [5.41, 5.74) is 3.42. The van der Waals surface area contributed by atoms with E-state index < -0.39 is 11.9 Å². The third-order valence-electron chi connectivity index (χ3n) is 4.83. The first-order chi connectivity index (χ1) is 13.6. The summed E-state index contributed by atoms with van der Waals surface area (Å²) in [5, 5.41) is 1.93. The summed E-state index contributed by atoms with van der Waals surface area (Å²) in [6.07, 6.45) is 3.45. The highest BCUT2D eigenvalue weighted by Crippen LogP contribution is 2.34. The molecule has 0 spiro atoms. The smallest absolute Gasteiger partial charge is 0.355 e. The number of ether oxygens (including phenoxy) is 2. The largest absolute Gasteiger partial charge is 0.464 e. The van der Waals surface area contributed by atoms with Crippen LogP contribution < -0.4 is 0 Å². The fourth-order valence-corrected chi connectivity index (χ4v) is 3.71. The molecule has 4 rings (SSSR count).